The third-order valence-corrected chi connectivity index (χ3v) is 4.31. The zero-order valence-corrected chi connectivity index (χ0v) is 15.1. The van der Waals surface area contributed by atoms with E-state index < -0.39 is 5.97 Å². The summed E-state index contributed by atoms with van der Waals surface area (Å²) in [6, 6.07) is 5.24. The number of hydrogen-bond donors (Lipinski definition) is 1. The molecular formula is C16H15Cl3N2O3. The Kier molecular flexibility index (Phi) is 6.69. The van der Waals surface area contributed by atoms with Crippen molar-refractivity contribution in [1.29, 1.82) is 0 Å². The lowest BCUT2D eigenvalue weighted by atomic mass is 10.2. The van der Waals surface area contributed by atoms with E-state index in [2.05, 4.69) is 5.10 Å². The summed E-state index contributed by atoms with van der Waals surface area (Å²) in [5, 5.41) is 14.4. The number of ether oxygens (including phenoxy) is 1. The van der Waals surface area contributed by atoms with Crippen molar-refractivity contribution in [3.8, 4) is 0 Å². The number of rotatable bonds is 6. The van der Waals surface area contributed by atoms with Gasteiger partial charge >= 0.3 is 5.97 Å². The van der Waals surface area contributed by atoms with E-state index in [0.29, 0.717) is 38.6 Å². The Bertz CT molecular complexity index is 752. The maximum absolute atomic E-state index is 11.5. The van der Waals surface area contributed by atoms with E-state index in [1.54, 1.807) is 29.8 Å². The smallest absolute Gasteiger partial charge is 0.330 e. The molecular weight excluding hydrogens is 375 g/mol. The number of benzene rings is 1. The Hall–Kier alpha value is -1.53. The summed E-state index contributed by atoms with van der Waals surface area (Å²) < 4.78 is 6.30. The second-order valence-corrected chi connectivity index (χ2v) is 6.04. The van der Waals surface area contributed by atoms with Gasteiger partial charge < -0.3 is 9.84 Å². The van der Waals surface area contributed by atoms with Crippen LogP contribution in [0.5, 0.6) is 0 Å². The average molecular weight is 390 g/mol. The molecule has 1 aromatic carbocycles. The van der Waals surface area contributed by atoms with Crippen LogP contribution in [0.25, 0.3) is 6.08 Å². The first-order valence-electron chi connectivity index (χ1n) is 7.05. The number of carbonyl (C=O) groups excluding carboxylic acids is 1. The minimum absolute atomic E-state index is 0.0554. The van der Waals surface area contributed by atoms with Gasteiger partial charge in [0, 0.05) is 27.2 Å². The highest BCUT2D eigenvalue weighted by Crippen LogP contribution is 2.28. The standard InChI is InChI=1S/C16H15Cl3N2O3/c1-10-11(5-6-15(23)24-8-7-22)16(19)21(20-10)9-12-13(17)3-2-4-14(12)18/h2-6,22H,7-9H2,1H3/b6-5+. The predicted octanol–water partition coefficient (Wildman–Crippen LogP) is 3.75. The minimum Gasteiger partial charge on any atom is -0.460 e. The average Bonchev–Trinajstić information content (AvgIpc) is 2.81. The normalized spacial score (nSPS) is 11.2. The van der Waals surface area contributed by atoms with Gasteiger partial charge in [-0.3, -0.25) is 0 Å². The van der Waals surface area contributed by atoms with E-state index in [4.69, 9.17) is 44.6 Å². The molecule has 0 amide bonds. The zero-order valence-electron chi connectivity index (χ0n) is 12.8. The van der Waals surface area contributed by atoms with Crippen molar-refractivity contribution in [2.75, 3.05) is 13.2 Å². The molecule has 0 aliphatic rings. The molecule has 1 heterocycles. The Labute approximate surface area is 154 Å². The maximum Gasteiger partial charge on any atom is 0.330 e. The van der Waals surface area contributed by atoms with Crippen molar-refractivity contribution in [2.45, 2.75) is 13.5 Å². The number of aliphatic hydroxyl groups excluding tert-OH is 1. The molecule has 0 aliphatic carbocycles. The molecule has 0 spiro atoms. The molecule has 0 atom stereocenters. The van der Waals surface area contributed by atoms with Crippen LogP contribution < -0.4 is 0 Å². The number of aryl methyl sites for hydroxylation is 1. The van der Waals surface area contributed by atoms with Crippen LogP contribution in [0.2, 0.25) is 15.2 Å². The van der Waals surface area contributed by atoms with Gasteiger partial charge in [0.1, 0.15) is 11.8 Å². The van der Waals surface area contributed by atoms with Crippen LogP contribution in [-0.4, -0.2) is 34.1 Å². The van der Waals surface area contributed by atoms with Crippen molar-refractivity contribution in [2.24, 2.45) is 0 Å². The van der Waals surface area contributed by atoms with E-state index in [9.17, 15) is 4.79 Å². The molecule has 5 nitrogen and oxygen atoms in total. The van der Waals surface area contributed by atoms with E-state index in [0.717, 1.165) is 0 Å². The molecule has 0 aliphatic heterocycles. The summed E-state index contributed by atoms with van der Waals surface area (Å²) in [6.45, 7) is 1.80. The fraction of sp³-hybridized carbons (Fsp3) is 0.250. The molecule has 0 saturated carbocycles. The number of carbonyl (C=O) groups is 1. The Morgan fingerprint density at radius 3 is 2.62 bits per heavy atom. The SMILES string of the molecule is Cc1nn(Cc2c(Cl)cccc2Cl)c(Cl)c1/C=C/C(=O)OCCO. The van der Waals surface area contributed by atoms with E-state index in [1.165, 1.54) is 12.2 Å². The molecule has 1 aromatic heterocycles. The summed E-state index contributed by atoms with van der Waals surface area (Å²) >= 11 is 18.7. The highest BCUT2D eigenvalue weighted by Gasteiger charge is 2.14. The summed E-state index contributed by atoms with van der Waals surface area (Å²) in [7, 11) is 0. The van der Waals surface area contributed by atoms with Crippen molar-refractivity contribution in [1.82, 2.24) is 9.78 Å². The zero-order chi connectivity index (χ0) is 17.7. The molecule has 128 valence electrons. The van der Waals surface area contributed by atoms with Gasteiger partial charge in [-0.25, -0.2) is 9.48 Å². The quantitative estimate of drug-likeness (QED) is 0.604. The van der Waals surface area contributed by atoms with Gasteiger partial charge in [-0.1, -0.05) is 40.9 Å². The second kappa shape index (κ2) is 8.53. The van der Waals surface area contributed by atoms with Crippen molar-refractivity contribution in [3.05, 3.63) is 56.3 Å². The van der Waals surface area contributed by atoms with Crippen LogP contribution >= 0.6 is 34.8 Å². The van der Waals surface area contributed by atoms with Crippen LogP contribution in [0.1, 0.15) is 16.8 Å². The minimum atomic E-state index is -0.568. The van der Waals surface area contributed by atoms with Crippen LogP contribution in [-0.2, 0) is 16.1 Å². The number of esters is 1. The summed E-state index contributed by atoms with van der Waals surface area (Å²) in [5.74, 6) is -0.568. The molecule has 1 N–H and O–H groups in total. The van der Waals surface area contributed by atoms with Gasteiger partial charge in [0.2, 0.25) is 0 Å². The van der Waals surface area contributed by atoms with Gasteiger partial charge in [0.25, 0.3) is 0 Å². The van der Waals surface area contributed by atoms with Gasteiger partial charge in [-0.15, -0.1) is 0 Å². The third-order valence-electron chi connectivity index (χ3n) is 3.20. The summed E-state index contributed by atoms with van der Waals surface area (Å²) in [6.07, 6.45) is 2.76. The third kappa shape index (κ3) is 4.51. The number of aromatic nitrogens is 2. The van der Waals surface area contributed by atoms with E-state index in [-0.39, 0.29) is 13.2 Å². The number of hydrogen-bond acceptors (Lipinski definition) is 4. The lowest BCUT2D eigenvalue weighted by Crippen LogP contribution is -2.05. The monoisotopic (exact) mass is 388 g/mol. The van der Waals surface area contributed by atoms with Crippen LogP contribution in [0.4, 0.5) is 0 Å². The lowest BCUT2D eigenvalue weighted by Gasteiger charge is -2.08. The van der Waals surface area contributed by atoms with Gasteiger partial charge in [0.15, 0.2) is 0 Å². The molecule has 0 unspecified atom stereocenters. The molecule has 0 radical (unpaired) electrons. The van der Waals surface area contributed by atoms with E-state index >= 15 is 0 Å². The van der Waals surface area contributed by atoms with Gasteiger partial charge in [-0.05, 0) is 25.1 Å². The fourth-order valence-electron chi connectivity index (χ4n) is 2.04. The molecule has 8 heteroatoms. The first kappa shape index (κ1) is 18.8. The lowest BCUT2D eigenvalue weighted by molar-refractivity contribution is -0.138. The largest absolute Gasteiger partial charge is 0.460 e. The summed E-state index contributed by atoms with van der Waals surface area (Å²) in [5.41, 5.74) is 1.96. The fourth-order valence-corrected chi connectivity index (χ4v) is 2.85. The molecule has 0 saturated heterocycles. The highest BCUT2D eigenvalue weighted by atomic mass is 35.5. The topological polar surface area (TPSA) is 64.4 Å². The van der Waals surface area contributed by atoms with Crippen molar-refractivity contribution in [3.63, 3.8) is 0 Å². The Morgan fingerprint density at radius 2 is 2.00 bits per heavy atom. The molecule has 2 aromatic rings. The van der Waals surface area contributed by atoms with Crippen molar-refractivity contribution >= 4 is 46.8 Å². The molecule has 0 fully saturated rings. The van der Waals surface area contributed by atoms with Gasteiger partial charge in [0.05, 0.1) is 18.8 Å². The first-order valence-corrected chi connectivity index (χ1v) is 8.19. The van der Waals surface area contributed by atoms with E-state index in [1.807, 2.05) is 0 Å². The molecule has 2 rings (SSSR count). The van der Waals surface area contributed by atoms with Crippen LogP contribution in [0, 0.1) is 6.92 Å². The maximum atomic E-state index is 11.5. The predicted molar refractivity (Wildman–Crippen MR) is 94.6 cm³/mol. The number of halogens is 3. The summed E-state index contributed by atoms with van der Waals surface area (Å²) in [4.78, 5) is 11.5. The Balaban J connectivity index is 2.23. The first-order chi connectivity index (χ1) is 11.4. The van der Waals surface area contributed by atoms with Crippen molar-refractivity contribution < 1.29 is 14.6 Å². The van der Waals surface area contributed by atoms with Crippen LogP contribution in [0.15, 0.2) is 24.3 Å². The number of nitrogens with zero attached hydrogens (tertiary/aromatic N) is 2. The molecule has 0 bridgehead atoms. The highest BCUT2D eigenvalue weighted by molar-refractivity contribution is 6.36. The molecule has 24 heavy (non-hydrogen) atoms. The second-order valence-electron chi connectivity index (χ2n) is 4.87. The van der Waals surface area contributed by atoms with Crippen LogP contribution in [0.3, 0.4) is 0 Å². The Morgan fingerprint density at radius 1 is 1.33 bits per heavy atom. The number of aliphatic hydroxyl groups is 1. The van der Waals surface area contributed by atoms with Gasteiger partial charge in [-0.2, -0.15) is 5.10 Å².